The molecule has 2 rings (SSSR count). The van der Waals surface area contributed by atoms with E-state index in [1.54, 1.807) is 25.8 Å². The molecule has 25 heavy (non-hydrogen) atoms. The molecule has 1 aromatic rings. The van der Waals surface area contributed by atoms with Crippen LogP contribution in [0.3, 0.4) is 0 Å². The minimum absolute atomic E-state index is 0.0248. The van der Waals surface area contributed by atoms with Gasteiger partial charge in [-0.25, -0.2) is 0 Å². The Morgan fingerprint density at radius 3 is 2.36 bits per heavy atom. The van der Waals surface area contributed by atoms with Crippen LogP contribution in [0.25, 0.3) is 0 Å². The Morgan fingerprint density at radius 1 is 1.20 bits per heavy atom. The topological polar surface area (TPSA) is 58.6 Å². The summed E-state index contributed by atoms with van der Waals surface area (Å²) in [5.74, 6) is 0.841. The Labute approximate surface area is 150 Å². The number of amides is 2. The SMILES string of the molecule is CN(C(=O)C(C)(C)NC=O)C1CC(Oc2ccccc2C(C)(C)C)C1. The number of rotatable bonds is 6. The lowest BCUT2D eigenvalue weighted by atomic mass is 9.85. The van der Waals surface area contributed by atoms with Crippen molar-refractivity contribution in [2.75, 3.05) is 7.05 Å². The summed E-state index contributed by atoms with van der Waals surface area (Å²) < 4.78 is 6.19. The summed E-state index contributed by atoms with van der Waals surface area (Å²) in [7, 11) is 1.79. The van der Waals surface area contributed by atoms with Crippen LogP contribution in [0.5, 0.6) is 5.75 Å². The third-order valence-electron chi connectivity index (χ3n) is 4.88. The predicted octanol–water partition coefficient (Wildman–Crippen LogP) is 2.88. The van der Waals surface area contributed by atoms with Crippen LogP contribution in [0.1, 0.15) is 53.0 Å². The fourth-order valence-electron chi connectivity index (χ4n) is 3.13. The molecule has 1 aliphatic rings. The van der Waals surface area contributed by atoms with E-state index in [0.29, 0.717) is 6.41 Å². The van der Waals surface area contributed by atoms with Gasteiger partial charge >= 0.3 is 0 Å². The molecule has 0 spiro atoms. The zero-order valence-corrected chi connectivity index (χ0v) is 16.1. The van der Waals surface area contributed by atoms with Gasteiger partial charge in [-0.2, -0.15) is 0 Å². The fourth-order valence-corrected chi connectivity index (χ4v) is 3.13. The Kier molecular flexibility index (Phi) is 5.45. The van der Waals surface area contributed by atoms with E-state index < -0.39 is 5.54 Å². The maximum atomic E-state index is 12.5. The van der Waals surface area contributed by atoms with Crippen molar-refractivity contribution >= 4 is 12.3 Å². The number of hydrogen-bond donors (Lipinski definition) is 1. The van der Waals surface area contributed by atoms with Crippen LogP contribution in [0, 0.1) is 0 Å². The van der Waals surface area contributed by atoms with E-state index in [2.05, 4.69) is 32.2 Å². The molecule has 0 radical (unpaired) electrons. The molecule has 2 amide bonds. The normalized spacial score (nSPS) is 20.4. The van der Waals surface area contributed by atoms with E-state index in [4.69, 9.17) is 4.74 Å². The summed E-state index contributed by atoms with van der Waals surface area (Å²) >= 11 is 0. The maximum Gasteiger partial charge on any atom is 0.247 e. The van der Waals surface area contributed by atoms with Crippen LogP contribution in [-0.4, -0.2) is 41.9 Å². The lowest BCUT2D eigenvalue weighted by molar-refractivity contribution is -0.142. The monoisotopic (exact) mass is 346 g/mol. The molecule has 1 fully saturated rings. The van der Waals surface area contributed by atoms with E-state index in [9.17, 15) is 9.59 Å². The summed E-state index contributed by atoms with van der Waals surface area (Å²) in [5, 5.41) is 2.58. The fraction of sp³-hybridized carbons (Fsp3) is 0.600. The van der Waals surface area contributed by atoms with Crippen molar-refractivity contribution in [3.05, 3.63) is 29.8 Å². The summed E-state index contributed by atoms with van der Waals surface area (Å²) in [5.41, 5.74) is 0.331. The first-order chi connectivity index (χ1) is 11.6. The van der Waals surface area contributed by atoms with Crippen LogP contribution in [0.4, 0.5) is 0 Å². The molecular formula is C20H30N2O3. The van der Waals surface area contributed by atoms with Crippen molar-refractivity contribution in [2.24, 2.45) is 0 Å². The van der Waals surface area contributed by atoms with Gasteiger partial charge < -0.3 is 15.0 Å². The van der Waals surface area contributed by atoms with Gasteiger partial charge in [0.1, 0.15) is 17.4 Å². The van der Waals surface area contributed by atoms with E-state index in [0.717, 1.165) is 18.6 Å². The Morgan fingerprint density at radius 2 is 1.80 bits per heavy atom. The van der Waals surface area contributed by atoms with Gasteiger partial charge in [0.25, 0.3) is 0 Å². The molecule has 1 N–H and O–H groups in total. The van der Waals surface area contributed by atoms with E-state index >= 15 is 0 Å². The molecule has 0 heterocycles. The summed E-state index contributed by atoms with van der Waals surface area (Å²) in [4.78, 5) is 24.9. The Balaban J connectivity index is 1.95. The van der Waals surface area contributed by atoms with Gasteiger partial charge in [0, 0.05) is 25.9 Å². The predicted molar refractivity (Wildman–Crippen MR) is 98.6 cm³/mol. The summed E-state index contributed by atoms with van der Waals surface area (Å²) in [6.45, 7) is 9.95. The van der Waals surface area contributed by atoms with Crippen LogP contribution >= 0.6 is 0 Å². The summed E-state index contributed by atoms with van der Waals surface area (Å²) in [6.07, 6.45) is 2.29. The maximum absolute atomic E-state index is 12.5. The number of para-hydroxylation sites is 1. The minimum Gasteiger partial charge on any atom is -0.490 e. The second-order valence-corrected chi connectivity index (χ2v) is 8.41. The number of carbonyl (C=O) groups is 2. The lowest BCUT2D eigenvalue weighted by Crippen LogP contribution is -2.58. The molecule has 138 valence electrons. The van der Waals surface area contributed by atoms with E-state index in [1.165, 1.54) is 5.56 Å². The average molecular weight is 346 g/mol. The molecule has 0 aliphatic heterocycles. The van der Waals surface area contributed by atoms with Crippen molar-refractivity contribution in [2.45, 2.75) is 70.6 Å². The molecule has 5 heteroatoms. The average Bonchev–Trinajstić information content (AvgIpc) is 2.48. The Bertz CT molecular complexity index is 628. The lowest BCUT2D eigenvalue weighted by Gasteiger charge is -2.43. The molecule has 0 unspecified atom stereocenters. The Hall–Kier alpha value is -2.04. The number of carbonyl (C=O) groups excluding carboxylic acids is 2. The van der Waals surface area contributed by atoms with Gasteiger partial charge in [-0.1, -0.05) is 39.0 Å². The van der Waals surface area contributed by atoms with Gasteiger partial charge in [0.15, 0.2) is 0 Å². The highest BCUT2D eigenvalue weighted by Crippen LogP contribution is 2.35. The third kappa shape index (κ3) is 4.33. The molecular weight excluding hydrogens is 316 g/mol. The second-order valence-electron chi connectivity index (χ2n) is 8.41. The van der Waals surface area contributed by atoms with Crippen molar-refractivity contribution in [1.29, 1.82) is 0 Å². The molecule has 0 aromatic heterocycles. The first-order valence-corrected chi connectivity index (χ1v) is 8.81. The molecule has 0 saturated heterocycles. The van der Waals surface area contributed by atoms with Crippen LogP contribution in [0.15, 0.2) is 24.3 Å². The largest absolute Gasteiger partial charge is 0.490 e. The second kappa shape index (κ2) is 7.06. The smallest absolute Gasteiger partial charge is 0.247 e. The summed E-state index contributed by atoms with van der Waals surface area (Å²) in [6, 6.07) is 8.29. The number of nitrogens with zero attached hydrogens (tertiary/aromatic N) is 1. The number of ether oxygens (including phenoxy) is 1. The van der Waals surface area contributed by atoms with Gasteiger partial charge in [-0.3, -0.25) is 9.59 Å². The van der Waals surface area contributed by atoms with Gasteiger partial charge in [0.05, 0.1) is 0 Å². The van der Waals surface area contributed by atoms with E-state index in [1.807, 2.05) is 18.2 Å². The highest BCUT2D eigenvalue weighted by Gasteiger charge is 2.40. The number of benzene rings is 1. The highest BCUT2D eigenvalue weighted by molar-refractivity contribution is 5.87. The first-order valence-electron chi connectivity index (χ1n) is 8.81. The van der Waals surface area contributed by atoms with Crippen LogP contribution < -0.4 is 10.1 Å². The molecule has 1 saturated carbocycles. The molecule has 1 aromatic carbocycles. The van der Waals surface area contributed by atoms with Gasteiger partial charge in [-0.15, -0.1) is 0 Å². The minimum atomic E-state index is -0.888. The highest BCUT2D eigenvalue weighted by atomic mass is 16.5. The van der Waals surface area contributed by atoms with Crippen molar-refractivity contribution in [1.82, 2.24) is 10.2 Å². The molecule has 0 bridgehead atoms. The number of likely N-dealkylation sites (N-methyl/N-ethyl adjacent to an activating group) is 1. The number of nitrogens with one attached hydrogen (secondary N) is 1. The number of hydrogen-bond acceptors (Lipinski definition) is 3. The standard InChI is InChI=1S/C20H30N2O3/c1-19(2,3)16-9-7-8-10-17(16)25-15-11-14(12-15)22(6)18(24)20(4,5)21-13-23/h7-10,13-15H,11-12H2,1-6H3,(H,21,23). The van der Waals surface area contributed by atoms with Crippen LogP contribution in [0.2, 0.25) is 0 Å². The quantitative estimate of drug-likeness (QED) is 0.806. The van der Waals surface area contributed by atoms with Crippen molar-refractivity contribution < 1.29 is 14.3 Å². The van der Waals surface area contributed by atoms with Gasteiger partial charge in [-0.05, 0) is 30.9 Å². The van der Waals surface area contributed by atoms with E-state index in [-0.39, 0.29) is 23.5 Å². The van der Waals surface area contributed by atoms with Crippen molar-refractivity contribution in [3.63, 3.8) is 0 Å². The molecule has 0 atom stereocenters. The van der Waals surface area contributed by atoms with Crippen LogP contribution in [-0.2, 0) is 15.0 Å². The molecule has 5 nitrogen and oxygen atoms in total. The van der Waals surface area contributed by atoms with Gasteiger partial charge in [0.2, 0.25) is 12.3 Å². The zero-order chi connectivity index (χ0) is 18.8. The first kappa shape index (κ1) is 19.3. The van der Waals surface area contributed by atoms with Crippen molar-refractivity contribution in [3.8, 4) is 5.75 Å². The molecule has 1 aliphatic carbocycles. The zero-order valence-electron chi connectivity index (χ0n) is 16.1. The third-order valence-corrected chi connectivity index (χ3v) is 4.88.